The third-order valence-electron chi connectivity index (χ3n) is 1.35. The molecule has 0 aliphatic heterocycles. The molecule has 0 aliphatic carbocycles. The summed E-state index contributed by atoms with van der Waals surface area (Å²) in [7, 11) is 0. The van der Waals surface area contributed by atoms with Gasteiger partial charge in [0.15, 0.2) is 0 Å². The lowest BCUT2D eigenvalue weighted by atomic mass is 10.2. The Bertz CT molecular complexity index is 349. The van der Waals surface area contributed by atoms with Gasteiger partial charge in [0.1, 0.15) is 5.69 Å². The molecular weight excluding hydrogens is 172 g/mol. The summed E-state index contributed by atoms with van der Waals surface area (Å²) in [4.78, 5) is 20.5. The van der Waals surface area contributed by atoms with Crippen LogP contribution in [0.25, 0.3) is 0 Å². The molecule has 0 unspecified atom stereocenters. The smallest absolute Gasteiger partial charge is 0.293 e. The number of nitrogens with zero attached hydrogens (tertiary/aromatic N) is 1. The first kappa shape index (κ1) is 9.18. The quantitative estimate of drug-likeness (QED) is 0.550. The van der Waals surface area contributed by atoms with Crippen LogP contribution in [0.2, 0.25) is 0 Å². The summed E-state index contributed by atoms with van der Waals surface area (Å²) in [5.74, 6) is -0.339. The number of nitro benzene ring substituents is 1. The topological polar surface area (TPSA) is 72.2 Å². The van der Waals surface area contributed by atoms with E-state index in [-0.39, 0.29) is 17.3 Å². The summed E-state index contributed by atoms with van der Waals surface area (Å²) < 4.78 is 0. The van der Waals surface area contributed by atoms with Crippen molar-refractivity contribution in [2.24, 2.45) is 0 Å². The number of nitrogens with one attached hydrogen (secondary N) is 1. The molecule has 0 aromatic heterocycles. The second-order valence-electron chi connectivity index (χ2n) is 2.38. The van der Waals surface area contributed by atoms with Crippen LogP contribution in [0, 0.1) is 16.2 Å². The van der Waals surface area contributed by atoms with E-state index in [1.165, 1.54) is 25.1 Å². The first-order chi connectivity index (χ1) is 6.11. The monoisotopic (exact) mass is 179 g/mol. The Hall–Kier alpha value is -1.91. The molecule has 0 atom stereocenters. The van der Waals surface area contributed by atoms with Gasteiger partial charge in [-0.05, 0) is 12.1 Å². The van der Waals surface area contributed by atoms with E-state index in [0.29, 0.717) is 0 Å². The van der Waals surface area contributed by atoms with Gasteiger partial charge in [-0.25, -0.2) is 0 Å². The van der Waals surface area contributed by atoms with Crippen LogP contribution < -0.4 is 5.32 Å². The maximum atomic E-state index is 10.6. The number of carbonyl (C=O) groups is 1. The van der Waals surface area contributed by atoms with Crippen LogP contribution in [-0.2, 0) is 4.79 Å². The molecule has 0 aliphatic rings. The van der Waals surface area contributed by atoms with Crippen molar-refractivity contribution in [2.75, 3.05) is 5.32 Å². The van der Waals surface area contributed by atoms with Crippen molar-refractivity contribution in [3.05, 3.63) is 34.4 Å². The molecular formula is C8H7N2O3. The molecule has 5 nitrogen and oxygen atoms in total. The summed E-state index contributed by atoms with van der Waals surface area (Å²) in [6.07, 6.45) is 0. The highest BCUT2D eigenvalue weighted by Gasteiger charge is 2.12. The van der Waals surface area contributed by atoms with Crippen molar-refractivity contribution in [1.82, 2.24) is 0 Å². The van der Waals surface area contributed by atoms with E-state index >= 15 is 0 Å². The third-order valence-corrected chi connectivity index (χ3v) is 1.35. The summed E-state index contributed by atoms with van der Waals surface area (Å²) in [6.45, 7) is 1.29. The highest BCUT2D eigenvalue weighted by atomic mass is 16.6. The molecule has 1 aromatic rings. The molecule has 0 fully saturated rings. The van der Waals surface area contributed by atoms with Crippen LogP contribution >= 0.6 is 0 Å². The van der Waals surface area contributed by atoms with Gasteiger partial charge in [-0.3, -0.25) is 14.9 Å². The normalized spacial score (nSPS) is 9.31. The van der Waals surface area contributed by atoms with Crippen LogP contribution in [0.3, 0.4) is 0 Å². The molecule has 0 saturated carbocycles. The van der Waals surface area contributed by atoms with Gasteiger partial charge in [0, 0.05) is 13.0 Å². The fourth-order valence-electron chi connectivity index (χ4n) is 0.868. The first-order valence-corrected chi connectivity index (χ1v) is 3.53. The minimum atomic E-state index is -0.568. The predicted octanol–water partition coefficient (Wildman–Crippen LogP) is 1.35. The van der Waals surface area contributed by atoms with Crippen molar-refractivity contribution in [1.29, 1.82) is 0 Å². The Kier molecular flexibility index (Phi) is 2.59. The largest absolute Gasteiger partial charge is 0.321 e. The van der Waals surface area contributed by atoms with E-state index in [1.54, 1.807) is 0 Å². The second-order valence-corrected chi connectivity index (χ2v) is 2.38. The fourth-order valence-corrected chi connectivity index (χ4v) is 0.868. The van der Waals surface area contributed by atoms with Crippen molar-refractivity contribution in [3.63, 3.8) is 0 Å². The summed E-state index contributed by atoms with van der Waals surface area (Å²) in [5, 5.41) is 12.8. The number of nitro groups is 1. The van der Waals surface area contributed by atoms with Crippen LogP contribution in [0.1, 0.15) is 6.92 Å². The Morgan fingerprint density at radius 1 is 1.69 bits per heavy atom. The zero-order chi connectivity index (χ0) is 9.84. The van der Waals surface area contributed by atoms with Crippen LogP contribution in [0.15, 0.2) is 18.2 Å². The van der Waals surface area contributed by atoms with Gasteiger partial charge in [0.25, 0.3) is 5.69 Å². The van der Waals surface area contributed by atoms with Crippen LogP contribution in [-0.4, -0.2) is 10.8 Å². The number of hydrogen-bond donors (Lipinski definition) is 1. The maximum absolute atomic E-state index is 10.6. The molecule has 67 valence electrons. The minimum Gasteiger partial charge on any atom is -0.321 e. The van der Waals surface area contributed by atoms with E-state index in [9.17, 15) is 14.9 Å². The molecule has 0 heterocycles. The van der Waals surface area contributed by atoms with Crippen LogP contribution in [0.4, 0.5) is 11.4 Å². The number of benzene rings is 1. The Balaban J connectivity index is 3.04. The Morgan fingerprint density at radius 2 is 2.38 bits per heavy atom. The average Bonchev–Trinajstić information content (AvgIpc) is 2.03. The van der Waals surface area contributed by atoms with Gasteiger partial charge in [-0.2, -0.15) is 0 Å². The SMILES string of the molecule is CC(=O)Nc1cc[c]cc1[N+](=O)[O-]. The van der Waals surface area contributed by atoms with E-state index in [0.717, 1.165) is 0 Å². The van der Waals surface area contributed by atoms with Gasteiger partial charge < -0.3 is 5.32 Å². The first-order valence-electron chi connectivity index (χ1n) is 3.53. The highest BCUT2D eigenvalue weighted by Crippen LogP contribution is 2.22. The highest BCUT2D eigenvalue weighted by molar-refractivity contribution is 5.91. The average molecular weight is 179 g/mol. The molecule has 1 aromatic carbocycles. The molecule has 1 amide bonds. The molecule has 1 radical (unpaired) electrons. The number of amides is 1. The van der Waals surface area contributed by atoms with Gasteiger partial charge >= 0.3 is 0 Å². The maximum Gasteiger partial charge on any atom is 0.293 e. The summed E-state index contributed by atoms with van der Waals surface area (Å²) >= 11 is 0. The molecule has 13 heavy (non-hydrogen) atoms. The van der Waals surface area contributed by atoms with Crippen molar-refractivity contribution >= 4 is 17.3 Å². The van der Waals surface area contributed by atoms with E-state index in [1.807, 2.05) is 0 Å². The van der Waals surface area contributed by atoms with Gasteiger partial charge in [-0.15, -0.1) is 0 Å². The summed E-state index contributed by atoms with van der Waals surface area (Å²) in [5.41, 5.74) is 0.0361. The lowest BCUT2D eigenvalue weighted by Gasteiger charge is -2.01. The fraction of sp³-hybridized carbons (Fsp3) is 0.125. The second kappa shape index (κ2) is 3.66. The summed E-state index contributed by atoms with van der Waals surface area (Å²) in [6, 6.07) is 6.70. The van der Waals surface area contributed by atoms with E-state index < -0.39 is 4.92 Å². The van der Waals surface area contributed by atoms with Gasteiger partial charge in [0.2, 0.25) is 5.91 Å². The van der Waals surface area contributed by atoms with Crippen LogP contribution in [0.5, 0.6) is 0 Å². The minimum absolute atomic E-state index is 0.155. The number of rotatable bonds is 2. The molecule has 0 saturated heterocycles. The lowest BCUT2D eigenvalue weighted by Crippen LogP contribution is -2.07. The lowest BCUT2D eigenvalue weighted by molar-refractivity contribution is -0.384. The van der Waals surface area contributed by atoms with E-state index in [2.05, 4.69) is 11.4 Å². The van der Waals surface area contributed by atoms with Crippen molar-refractivity contribution in [2.45, 2.75) is 6.92 Å². The molecule has 0 bridgehead atoms. The zero-order valence-corrected chi connectivity index (χ0v) is 6.90. The number of carbonyl (C=O) groups excluding carboxylic acids is 1. The van der Waals surface area contributed by atoms with Gasteiger partial charge in [-0.1, -0.05) is 6.07 Å². The Morgan fingerprint density at radius 3 is 2.92 bits per heavy atom. The van der Waals surface area contributed by atoms with Gasteiger partial charge in [0.05, 0.1) is 4.92 Å². The van der Waals surface area contributed by atoms with Crippen molar-refractivity contribution in [3.8, 4) is 0 Å². The standard InChI is InChI=1S/C8H7N2O3/c1-6(11)9-7-4-2-3-5-8(7)10(12)13/h2,4-5H,1H3,(H,9,11). The zero-order valence-electron chi connectivity index (χ0n) is 6.90. The number of anilines is 1. The molecule has 5 heteroatoms. The molecule has 1 N–H and O–H groups in total. The predicted molar refractivity (Wildman–Crippen MR) is 46.2 cm³/mol. The van der Waals surface area contributed by atoms with Crippen molar-refractivity contribution < 1.29 is 9.72 Å². The molecule has 1 rings (SSSR count). The van der Waals surface area contributed by atoms with E-state index in [4.69, 9.17) is 0 Å². The Labute approximate surface area is 74.5 Å². The third kappa shape index (κ3) is 2.26. The molecule has 0 spiro atoms. The number of hydrogen-bond acceptors (Lipinski definition) is 3.